The molecule has 3 heterocycles. The van der Waals surface area contributed by atoms with E-state index >= 15 is 0 Å². The summed E-state index contributed by atoms with van der Waals surface area (Å²) in [7, 11) is 0. The number of hydrogen-bond acceptors (Lipinski definition) is 5. The van der Waals surface area contributed by atoms with Crippen LogP contribution in [0.3, 0.4) is 0 Å². The third kappa shape index (κ3) is 7.17. The molecule has 0 aliphatic heterocycles. The van der Waals surface area contributed by atoms with Gasteiger partial charge in [-0.15, -0.1) is 35.3 Å². The van der Waals surface area contributed by atoms with Crippen molar-refractivity contribution in [2.75, 3.05) is 19.6 Å². The van der Waals surface area contributed by atoms with Crippen molar-refractivity contribution in [3.8, 4) is 0 Å². The number of rotatable bonds is 9. The van der Waals surface area contributed by atoms with Crippen molar-refractivity contribution in [1.82, 2.24) is 10.6 Å². The molecular weight excluding hydrogens is 513 g/mol. The SMILES string of the molecule is Cc1cc(C(C)(O)CN=C(NCCc2ccco2)NCCc2cccs2)c(C)o1.I. The molecule has 1 atom stereocenters. The summed E-state index contributed by atoms with van der Waals surface area (Å²) in [6.45, 7) is 7.18. The fraction of sp³-hybridized carbons (Fsp3) is 0.409. The Balaban J connectivity index is 0.00000320. The third-order valence-corrected chi connectivity index (χ3v) is 5.59. The number of thiophene rings is 1. The number of hydrogen-bond donors (Lipinski definition) is 3. The Morgan fingerprint density at radius 2 is 1.93 bits per heavy atom. The summed E-state index contributed by atoms with van der Waals surface area (Å²) in [5.41, 5.74) is -0.335. The Bertz CT molecular complexity index is 860. The smallest absolute Gasteiger partial charge is 0.191 e. The maximum Gasteiger partial charge on any atom is 0.191 e. The number of halogens is 1. The fourth-order valence-corrected chi connectivity index (χ4v) is 3.88. The summed E-state index contributed by atoms with van der Waals surface area (Å²) < 4.78 is 11.0. The summed E-state index contributed by atoms with van der Waals surface area (Å²) in [6.07, 6.45) is 3.36. The van der Waals surface area contributed by atoms with Gasteiger partial charge in [0, 0.05) is 30.0 Å². The first kappa shape index (κ1) is 24.5. The van der Waals surface area contributed by atoms with E-state index < -0.39 is 5.60 Å². The lowest BCUT2D eigenvalue weighted by molar-refractivity contribution is 0.0657. The predicted octanol–water partition coefficient (Wildman–Crippen LogP) is 4.40. The topological polar surface area (TPSA) is 82.9 Å². The molecule has 6 nitrogen and oxygen atoms in total. The van der Waals surface area contributed by atoms with Crippen molar-refractivity contribution >= 4 is 41.3 Å². The van der Waals surface area contributed by atoms with Crippen molar-refractivity contribution < 1.29 is 13.9 Å². The summed E-state index contributed by atoms with van der Waals surface area (Å²) in [5, 5.41) is 19.7. The van der Waals surface area contributed by atoms with E-state index in [1.807, 2.05) is 32.0 Å². The lowest BCUT2D eigenvalue weighted by Crippen LogP contribution is -2.40. The summed E-state index contributed by atoms with van der Waals surface area (Å²) in [5.74, 6) is 3.10. The van der Waals surface area contributed by atoms with Crippen LogP contribution >= 0.6 is 35.3 Å². The van der Waals surface area contributed by atoms with E-state index in [-0.39, 0.29) is 30.5 Å². The van der Waals surface area contributed by atoms with Gasteiger partial charge in [0.15, 0.2) is 5.96 Å². The zero-order valence-electron chi connectivity index (χ0n) is 17.6. The molecule has 0 saturated heterocycles. The molecule has 30 heavy (non-hydrogen) atoms. The molecule has 1 unspecified atom stereocenters. The van der Waals surface area contributed by atoms with Crippen molar-refractivity contribution in [3.05, 3.63) is 69.7 Å². The Labute approximate surface area is 198 Å². The van der Waals surface area contributed by atoms with Crippen LogP contribution in [-0.2, 0) is 18.4 Å². The number of aryl methyl sites for hydroxylation is 2. The zero-order chi connectivity index (χ0) is 20.7. The van der Waals surface area contributed by atoms with Crippen LogP contribution < -0.4 is 10.6 Å². The van der Waals surface area contributed by atoms with Crippen molar-refractivity contribution in [3.63, 3.8) is 0 Å². The van der Waals surface area contributed by atoms with Crippen molar-refractivity contribution in [2.45, 2.75) is 39.2 Å². The van der Waals surface area contributed by atoms with Crippen molar-refractivity contribution in [2.24, 2.45) is 4.99 Å². The molecule has 164 valence electrons. The minimum atomic E-state index is -1.11. The second kappa shape index (κ2) is 11.6. The molecule has 0 radical (unpaired) electrons. The van der Waals surface area contributed by atoms with Gasteiger partial charge in [-0.2, -0.15) is 0 Å². The molecule has 0 aliphatic rings. The molecular formula is C22H30IN3O3S. The van der Waals surface area contributed by atoms with E-state index in [2.05, 4.69) is 33.1 Å². The standard InChI is InChI=1S/C22H29N3O3S.HI/c1-16-14-20(17(2)28-16)22(3,26)15-25-21(23-10-8-18-6-4-12-27-18)24-11-9-19-7-5-13-29-19;/h4-7,12-14,26H,8-11,15H2,1-3H3,(H2,23,24,25);1H. The molecule has 8 heteroatoms. The molecule has 0 aliphatic carbocycles. The van der Waals surface area contributed by atoms with Gasteiger partial charge in [-0.1, -0.05) is 6.07 Å². The van der Waals surface area contributed by atoms with Crippen LogP contribution in [0.5, 0.6) is 0 Å². The second-order valence-corrected chi connectivity index (χ2v) is 8.31. The lowest BCUT2D eigenvalue weighted by atomic mass is 9.96. The Hall–Kier alpha value is -1.78. The van der Waals surface area contributed by atoms with Crippen LogP contribution in [0.15, 0.2) is 55.8 Å². The van der Waals surface area contributed by atoms with Crippen LogP contribution in [0.2, 0.25) is 0 Å². The molecule has 0 amide bonds. The molecule has 3 rings (SSSR count). The van der Waals surface area contributed by atoms with E-state index in [0.717, 1.165) is 42.2 Å². The first-order valence-electron chi connectivity index (χ1n) is 9.81. The van der Waals surface area contributed by atoms with Crippen LogP contribution in [0.1, 0.15) is 34.6 Å². The largest absolute Gasteiger partial charge is 0.469 e. The lowest BCUT2D eigenvalue weighted by Gasteiger charge is -2.21. The van der Waals surface area contributed by atoms with Gasteiger partial charge >= 0.3 is 0 Å². The average molecular weight is 543 g/mol. The molecule has 0 fully saturated rings. The van der Waals surface area contributed by atoms with Gasteiger partial charge in [0.1, 0.15) is 22.9 Å². The molecule has 0 saturated carbocycles. The Morgan fingerprint density at radius 1 is 1.17 bits per heavy atom. The van der Waals surface area contributed by atoms with Crippen LogP contribution in [0.25, 0.3) is 0 Å². The maximum absolute atomic E-state index is 10.9. The van der Waals surface area contributed by atoms with E-state index in [1.54, 1.807) is 24.5 Å². The molecule has 0 spiro atoms. The van der Waals surface area contributed by atoms with Gasteiger partial charge in [-0.25, -0.2) is 4.99 Å². The number of nitrogens with zero attached hydrogens (tertiary/aromatic N) is 1. The van der Waals surface area contributed by atoms with Gasteiger partial charge in [-0.3, -0.25) is 0 Å². The minimum absolute atomic E-state index is 0. The first-order valence-corrected chi connectivity index (χ1v) is 10.7. The van der Waals surface area contributed by atoms with Crippen LogP contribution in [-0.4, -0.2) is 30.7 Å². The van der Waals surface area contributed by atoms with Gasteiger partial charge < -0.3 is 24.6 Å². The molecule has 3 N–H and O–H groups in total. The highest BCUT2D eigenvalue weighted by molar-refractivity contribution is 14.0. The van der Waals surface area contributed by atoms with Gasteiger partial charge in [-0.05, 0) is 56.8 Å². The fourth-order valence-electron chi connectivity index (χ4n) is 3.18. The van der Waals surface area contributed by atoms with Crippen LogP contribution in [0, 0.1) is 13.8 Å². The Morgan fingerprint density at radius 3 is 2.53 bits per heavy atom. The quantitative estimate of drug-likeness (QED) is 0.212. The highest BCUT2D eigenvalue weighted by Crippen LogP contribution is 2.27. The van der Waals surface area contributed by atoms with Gasteiger partial charge in [0.05, 0.1) is 12.8 Å². The summed E-state index contributed by atoms with van der Waals surface area (Å²) >= 11 is 1.75. The van der Waals surface area contributed by atoms with E-state index in [4.69, 9.17) is 8.83 Å². The molecule has 3 aromatic rings. The third-order valence-electron chi connectivity index (χ3n) is 4.65. The predicted molar refractivity (Wildman–Crippen MR) is 132 cm³/mol. The number of aliphatic imine (C=N–C) groups is 1. The minimum Gasteiger partial charge on any atom is -0.469 e. The second-order valence-electron chi connectivity index (χ2n) is 7.28. The number of furan rings is 2. The summed E-state index contributed by atoms with van der Waals surface area (Å²) in [6, 6.07) is 9.90. The van der Waals surface area contributed by atoms with E-state index in [9.17, 15) is 5.11 Å². The maximum atomic E-state index is 10.9. The average Bonchev–Trinajstić information content (AvgIpc) is 3.42. The molecule has 0 aromatic carbocycles. The zero-order valence-corrected chi connectivity index (χ0v) is 20.8. The summed E-state index contributed by atoms with van der Waals surface area (Å²) in [4.78, 5) is 5.96. The highest BCUT2D eigenvalue weighted by Gasteiger charge is 2.27. The van der Waals surface area contributed by atoms with Gasteiger partial charge in [0.2, 0.25) is 0 Å². The van der Waals surface area contributed by atoms with Gasteiger partial charge in [0.25, 0.3) is 0 Å². The van der Waals surface area contributed by atoms with E-state index in [0.29, 0.717) is 12.5 Å². The number of guanidine groups is 1. The highest BCUT2D eigenvalue weighted by atomic mass is 127. The van der Waals surface area contributed by atoms with Crippen LogP contribution in [0.4, 0.5) is 0 Å². The number of aliphatic hydroxyl groups is 1. The Kier molecular flexibility index (Phi) is 9.44. The molecule has 3 aromatic heterocycles. The molecule has 0 bridgehead atoms. The number of nitrogens with one attached hydrogen (secondary N) is 2. The van der Waals surface area contributed by atoms with E-state index in [1.165, 1.54) is 4.88 Å². The first-order chi connectivity index (χ1) is 13.9. The monoisotopic (exact) mass is 543 g/mol. The van der Waals surface area contributed by atoms with Crippen molar-refractivity contribution in [1.29, 1.82) is 0 Å². The normalized spacial score (nSPS) is 13.5.